The van der Waals surface area contributed by atoms with Crippen molar-refractivity contribution in [2.45, 2.75) is 25.8 Å². The Bertz CT molecular complexity index is 554. The number of likely N-dealkylation sites (tertiary alicyclic amines) is 1. The number of ether oxygens (including phenoxy) is 1. The maximum Gasteiger partial charge on any atom is 0.409 e. The number of nitrogens with zero attached hydrogens (tertiary/aromatic N) is 1. The zero-order valence-electron chi connectivity index (χ0n) is 13.1. The van der Waals surface area contributed by atoms with E-state index >= 15 is 0 Å². The van der Waals surface area contributed by atoms with Crippen LogP contribution in [-0.2, 0) is 14.3 Å². The summed E-state index contributed by atoms with van der Waals surface area (Å²) in [6.45, 7) is 3.11. The molecular formula is C16H21N3O4. The lowest BCUT2D eigenvalue weighted by Crippen LogP contribution is -2.49. The minimum Gasteiger partial charge on any atom is -0.450 e. The monoisotopic (exact) mass is 319 g/mol. The zero-order valence-corrected chi connectivity index (χ0v) is 13.1. The Morgan fingerprint density at radius 2 is 1.78 bits per heavy atom. The van der Waals surface area contributed by atoms with Crippen LogP contribution < -0.4 is 10.6 Å². The number of para-hydroxylation sites is 1. The standard InChI is InChI=1S/C16H21N3O4/c1-2-23-16(22)19-10-8-13(9-11-19)18-15(21)14(20)17-12-6-4-3-5-7-12/h3-7,13H,2,8-11H2,1H3,(H,17,20)(H,18,21). The van der Waals surface area contributed by atoms with Gasteiger partial charge in [-0.2, -0.15) is 0 Å². The van der Waals surface area contributed by atoms with Crippen molar-refractivity contribution in [2.75, 3.05) is 25.0 Å². The number of hydrogen-bond donors (Lipinski definition) is 2. The van der Waals surface area contributed by atoms with E-state index in [0.717, 1.165) is 0 Å². The highest BCUT2D eigenvalue weighted by atomic mass is 16.6. The third kappa shape index (κ3) is 4.98. The molecular weight excluding hydrogens is 298 g/mol. The SMILES string of the molecule is CCOC(=O)N1CCC(NC(=O)C(=O)Nc2ccccc2)CC1. The van der Waals surface area contributed by atoms with Gasteiger partial charge in [-0.1, -0.05) is 18.2 Å². The molecule has 7 nitrogen and oxygen atoms in total. The summed E-state index contributed by atoms with van der Waals surface area (Å²) in [4.78, 5) is 36.9. The summed E-state index contributed by atoms with van der Waals surface area (Å²) >= 11 is 0. The molecule has 1 heterocycles. The van der Waals surface area contributed by atoms with E-state index in [9.17, 15) is 14.4 Å². The molecule has 124 valence electrons. The maximum absolute atomic E-state index is 11.9. The largest absolute Gasteiger partial charge is 0.450 e. The highest BCUT2D eigenvalue weighted by Crippen LogP contribution is 2.12. The van der Waals surface area contributed by atoms with Gasteiger partial charge in [0.1, 0.15) is 0 Å². The normalized spacial score (nSPS) is 14.9. The van der Waals surface area contributed by atoms with Crippen LogP contribution in [0.3, 0.4) is 0 Å². The average molecular weight is 319 g/mol. The molecule has 0 saturated carbocycles. The second kappa shape index (κ2) is 8.17. The number of carbonyl (C=O) groups excluding carboxylic acids is 3. The number of benzene rings is 1. The molecule has 1 fully saturated rings. The summed E-state index contributed by atoms with van der Waals surface area (Å²) < 4.78 is 4.94. The average Bonchev–Trinajstić information content (AvgIpc) is 2.56. The number of nitrogens with one attached hydrogen (secondary N) is 2. The Morgan fingerprint density at radius 3 is 2.39 bits per heavy atom. The van der Waals surface area contributed by atoms with Gasteiger partial charge in [0.05, 0.1) is 6.61 Å². The van der Waals surface area contributed by atoms with Crippen molar-refractivity contribution < 1.29 is 19.1 Å². The molecule has 0 bridgehead atoms. The first kappa shape index (κ1) is 16.8. The lowest BCUT2D eigenvalue weighted by Gasteiger charge is -2.31. The molecule has 0 aromatic heterocycles. The van der Waals surface area contributed by atoms with Crippen molar-refractivity contribution >= 4 is 23.6 Å². The second-order valence-electron chi connectivity index (χ2n) is 5.25. The Kier molecular flexibility index (Phi) is 5.96. The molecule has 23 heavy (non-hydrogen) atoms. The van der Waals surface area contributed by atoms with Crippen LogP contribution in [0.1, 0.15) is 19.8 Å². The number of amides is 3. The van der Waals surface area contributed by atoms with Crippen molar-refractivity contribution in [3.8, 4) is 0 Å². The van der Waals surface area contributed by atoms with E-state index in [1.54, 1.807) is 36.1 Å². The van der Waals surface area contributed by atoms with Crippen LogP contribution >= 0.6 is 0 Å². The number of carbonyl (C=O) groups is 3. The number of piperidine rings is 1. The molecule has 1 saturated heterocycles. The lowest BCUT2D eigenvalue weighted by atomic mass is 10.1. The van der Waals surface area contributed by atoms with Crippen molar-refractivity contribution in [3.63, 3.8) is 0 Å². The summed E-state index contributed by atoms with van der Waals surface area (Å²) in [5.74, 6) is -1.35. The topological polar surface area (TPSA) is 87.7 Å². The molecule has 1 aromatic rings. The predicted molar refractivity (Wildman–Crippen MR) is 84.8 cm³/mol. The van der Waals surface area contributed by atoms with Gasteiger partial charge in [-0.3, -0.25) is 9.59 Å². The van der Waals surface area contributed by atoms with E-state index in [1.165, 1.54) is 0 Å². The van der Waals surface area contributed by atoms with Gasteiger partial charge in [-0.05, 0) is 31.9 Å². The van der Waals surface area contributed by atoms with Crippen molar-refractivity contribution in [3.05, 3.63) is 30.3 Å². The second-order valence-corrected chi connectivity index (χ2v) is 5.25. The molecule has 0 aliphatic carbocycles. The summed E-state index contributed by atoms with van der Waals surface area (Å²) in [7, 11) is 0. The highest BCUT2D eigenvalue weighted by Gasteiger charge is 2.26. The number of rotatable bonds is 3. The Labute approximate surface area is 135 Å². The summed E-state index contributed by atoms with van der Waals surface area (Å²) in [5.41, 5.74) is 0.574. The van der Waals surface area contributed by atoms with E-state index in [0.29, 0.717) is 38.2 Å². The maximum atomic E-state index is 11.9. The molecule has 7 heteroatoms. The summed E-state index contributed by atoms with van der Waals surface area (Å²) in [6.07, 6.45) is 0.867. The fourth-order valence-corrected chi connectivity index (χ4v) is 2.38. The smallest absolute Gasteiger partial charge is 0.409 e. The minimum absolute atomic E-state index is 0.116. The van der Waals surface area contributed by atoms with E-state index in [1.807, 2.05) is 6.07 Å². The first-order chi connectivity index (χ1) is 11.1. The molecule has 1 aliphatic rings. The van der Waals surface area contributed by atoms with Gasteiger partial charge >= 0.3 is 17.9 Å². The fraction of sp³-hybridized carbons (Fsp3) is 0.438. The third-order valence-corrected chi connectivity index (χ3v) is 3.59. The zero-order chi connectivity index (χ0) is 16.7. The van der Waals surface area contributed by atoms with E-state index < -0.39 is 11.8 Å². The Morgan fingerprint density at radius 1 is 1.13 bits per heavy atom. The molecule has 0 atom stereocenters. The van der Waals surface area contributed by atoms with Crippen molar-refractivity contribution in [1.82, 2.24) is 10.2 Å². The molecule has 0 spiro atoms. The minimum atomic E-state index is -0.691. The third-order valence-electron chi connectivity index (χ3n) is 3.59. The van der Waals surface area contributed by atoms with Crippen LogP contribution in [0.2, 0.25) is 0 Å². The Hall–Kier alpha value is -2.57. The lowest BCUT2D eigenvalue weighted by molar-refractivity contribution is -0.136. The van der Waals surface area contributed by atoms with Gasteiger partial charge < -0.3 is 20.3 Å². The number of anilines is 1. The first-order valence-corrected chi connectivity index (χ1v) is 7.68. The van der Waals surface area contributed by atoms with E-state index in [4.69, 9.17) is 4.74 Å². The van der Waals surface area contributed by atoms with Gasteiger partial charge in [-0.15, -0.1) is 0 Å². The number of hydrogen-bond acceptors (Lipinski definition) is 4. The van der Waals surface area contributed by atoms with Gasteiger partial charge in [-0.25, -0.2) is 4.79 Å². The van der Waals surface area contributed by atoms with Crippen LogP contribution in [0.5, 0.6) is 0 Å². The van der Waals surface area contributed by atoms with Crippen molar-refractivity contribution in [1.29, 1.82) is 0 Å². The fourth-order valence-electron chi connectivity index (χ4n) is 2.38. The molecule has 3 amide bonds. The molecule has 0 unspecified atom stereocenters. The molecule has 1 aliphatic heterocycles. The van der Waals surface area contributed by atoms with Crippen LogP contribution in [-0.4, -0.2) is 48.5 Å². The predicted octanol–water partition coefficient (Wildman–Crippen LogP) is 1.36. The molecule has 1 aromatic carbocycles. The van der Waals surface area contributed by atoms with Gasteiger partial charge in [0.25, 0.3) is 0 Å². The quantitative estimate of drug-likeness (QED) is 0.824. The molecule has 2 rings (SSSR count). The van der Waals surface area contributed by atoms with Gasteiger partial charge in [0.15, 0.2) is 0 Å². The van der Waals surface area contributed by atoms with Gasteiger partial charge in [0.2, 0.25) is 0 Å². The molecule has 0 radical (unpaired) electrons. The van der Waals surface area contributed by atoms with E-state index in [2.05, 4.69) is 10.6 Å². The summed E-state index contributed by atoms with van der Waals surface area (Å²) in [5, 5.41) is 5.24. The van der Waals surface area contributed by atoms with Crippen LogP contribution in [0.15, 0.2) is 30.3 Å². The van der Waals surface area contributed by atoms with Crippen LogP contribution in [0, 0.1) is 0 Å². The summed E-state index contributed by atoms with van der Waals surface area (Å²) in [6, 6.07) is 8.69. The van der Waals surface area contributed by atoms with Crippen LogP contribution in [0.25, 0.3) is 0 Å². The Balaban J connectivity index is 1.76. The highest BCUT2D eigenvalue weighted by molar-refractivity contribution is 6.39. The molecule has 2 N–H and O–H groups in total. The van der Waals surface area contributed by atoms with Crippen LogP contribution in [0.4, 0.5) is 10.5 Å². The first-order valence-electron chi connectivity index (χ1n) is 7.68. The van der Waals surface area contributed by atoms with Gasteiger partial charge in [0, 0.05) is 24.8 Å². The van der Waals surface area contributed by atoms with Crippen molar-refractivity contribution in [2.24, 2.45) is 0 Å². The van der Waals surface area contributed by atoms with E-state index in [-0.39, 0.29) is 12.1 Å².